The van der Waals surface area contributed by atoms with Crippen LogP contribution in [-0.2, 0) is 9.59 Å². The number of carbonyl (C=O) groups is 2. The minimum Gasteiger partial charge on any atom is -0.344 e. The summed E-state index contributed by atoms with van der Waals surface area (Å²) >= 11 is 0. The Morgan fingerprint density at radius 1 is 1.33 bits per heavy atom. The van der Waals surface area contributed by atoms with Gasteiger partial charge in [-0.1, -0.05) is 18.1 Å². The van der Waals surface area contributed by atoms with Crippen molar-refractivity contribution in [1.82, 2.24) is 15.5 Å². The number of aromatic amines is 1. The van der Waals surface area contributed by atoms with Gasteiger partial charge >= 0.3 is 0 Å². The van der Waals surface area contributed by atoms with Gasteiger partial charge in [0.1, 0.15) is 11.9 Å². The summed E-state index contributed by atoms with van der Waals surface area (Å²) in [5, 5.41) is 12.1. The Balaban J connectivity index is 1.72. The first-order valence-corrected chi connectivity index (χ1v) is 7.95. The summed E-state index contributed by atoms with van der Waals surface area (Å²) in [4.78, 5) is 23.8. The summed E-state index contributed by atoms with van der Waals surface area (Å²) in [6.45, 7) is 1.87. The van der Waals surface area contributed by atoms with E-state index in [9.17, 15) is 14.0 Å². The number of hydrogen-bond acceptors (Lipinski definition) is 3. The van der Waals surface area contributed by atoms with Crippen LogP contribution in [0.1, 0.15) is 31.2 Å². The van der Waals surface area contributed by atoms with Crippen molar-refractivity contribution in [2.45, 2.75) is 38.6 Å². The third-order valence-corrected chi connectivity index (χ3v) is 4.04. The summed E-state index contributed by atoms with van der Waals surface area (Å²) in [5.74, 6) is -0.488. The summed E-state index contributed by atoms with van der Waals surface area (Å²) in [5.41, 5.74) is 1.80. The van der Waals surface area contributed by atoms with Gasteiger partial charge in [-0.3, -0.25) is 14.7 Å². The molecule has 6 nitrogen and oxygen atoms in total. The SMILES string of the molecule is Cc1ccc(F)c(-c2cc(NC(=O)[C@H]3CCCCC(=O)N3)n[nH]2)c1. The highest BCUT2D eigenvalue weighted by Gasteiger charge is 2.23. The number of nitrogens with one attached hydrogen (secondary N) is 3. The molecule has 126 valence electrons. The van der Waals surface area contributed by atoms with E-state index in [2.05, 4.69) is 20.8 Å². The minimum absolute atomic E-state index is 0.114. The summed E-state index contributed by atoms with van der Waals surface area (Å²) < 4.78 is 13.9. The van der Waals surface area contributed by atoms with Crippen LogP contribution in [0.2, 0.25) is 0 Å². The second kappa shape index (κ2) is 6.82. The second-order valence-electron chi connectivity index (χ2n) is 6.01. The quantitative estimate of drug-likeness (QED) is 0.808. The number of hydrogen-bond donors (Lipinski definition) is 3. The zero-order chi connectivity index (χ0) is 17.1. The van der Waals surface area contributed by atoms with Crippen LogP contribution in [0.3, 0.4) is 0 Å². The zero-order valence-electron chi connectivity index (χ0n) is 13.4. The lowest BCUT2D eigenvalue weighted by Crippen LogP contribution is -2.42. The number of nitrogens with zero attached hydrogens (tertiary/aromatic N) is 1. The van der Waals surface area contributed by atoms with E-state index in [-0.39, 0.29) is 17.6 Å². The predicted molar refractivity (Wildman–Crippen MR) is 87.7 cm³/mol. The fourth-order valence-electron chi connectivity index (χ4n) is 2.75. The Bertz CT molecular complexity index is 772. The van der Waals surface area contributed by atoms with E-state index in [0.717, 1.165) is 18.4 Å². The molecule has 1 atom stereocenters. The molecule has 0 unspecified atom stereocenters. The fraction of sp³-hybridized carbons (Fsp3) is 0.353. The maximum absolute atomic E-state index is 13.9. The van der Waals surface area contributed by atoms with Crippen molar-refractivity contribution in [2.24, 2.45) is 0 Å². The van der Waals surface area contributed by atoms with Gasteiger partial charge in [0, 0.05) is 18.1 Å². The Morgan fingerprint density at radius 2 is 2.17 bits per heavy atom. The molecule has 7 heteroatoms. The topological polar surface area (TPSA) is 86.9 Å². The van der Waals surface area contributed by atoms with Crippen LogP contribution >= 0.6 is 0 Å². The lowest BCUT2D eigenvalue weighted by Gasteiger charge is -2.14. The van der Waals surface area contributed by atoms with Crippen molar-refractivity contribution in [3.05, 3.63) is 35.6 Å². The van der Waals surface area contributed by atoms with Gasteiger partial charge in [-0.25, -0.2) is 4.39 Å². The van der Waals surface area contributed by atoms with Crippen molar-refractivity contribution in [3.63, 3.8) is 0 Å². The van der Waals surface area contributed by atoms with Gasteiger partial charge in [-0.2, -0.15) is 5.10 Å². The highest BCUT2D eigenvalue weighted by molar-refractivity contribution is 5.97. The number of H-pyrrole nitrogens is 1. The van der Waals surface area contributed by atoms with Gasteiger partial charge in [0.15, 0.2) is 5.82 Å². The third kappa shape index (κ3) is 3.61. The third-order valence-electron chi connectivity index (χ3n) is 4.04. The smallest absolute Gasteiger partial charge is 0.248 e. The van der Waals surface area contributed by atoms with Crippen LogP contribution in [0.15, 0.2) is 24.3 Å². The molecule has 1 aliphatic heterocycles. The molecular weight excluding hydrogens is 311 g/mol. The first kappa shape index (κ1) is 16.2. The molecule has 0 radical (unpaired) electrons. The number of benzene rings is 1. The van der Waals surface area contributed by atoms with Crippen molar-refractivity contribution >= 4 is 17.6 Å². The van der Waals surface area contributed by atoms with E-state index in [1.807, 2.05) is 6.92 Å². The monoisotopic (exact) mass is 330 g/mol. The van der Waals surface area contributed by atoms with Crippen LogP contribution in [0.5, 0.6) is 0 Å². The van der Waals surface area contributed by atoms with E-state index in [1.54, 1.807) is 18.2 Å². The maximum Gasteiger partial charge on any atom is 0.248 e. The lowest BCUT2D eigenvalue weighted by atomic mass is 10.1. The van der Waals surface area contributed by atoms with E-state index in [4.69, 9.17) is 0 Å². The van der Waals surface area contributed by atoms with Gasteiger partial charge in [-0.05, 0) is 31.9 Å². The van der Waals surface area contributed by atoms with Gasteiger partial charge in [0.2, 0.25) is 11.8 Å². The van der Waals surface area contributed by atoms with Gasteiger partial charge < -0.3 is 10.6 Å². The van der Waals surface area contributed by atoms with Crippen LogP contribution in [0, 0.1) is 12.7 Å². The highest BCUT2D eigenvalue weighted by atomic mass is 19.1. The van der Waals surface area contributed by atoms with Gasteiger partial charge in [0.25, 0.3) is 0 Å². The molecule has 0 spiro atoms. The van der Waals surface area contributed by atoms with Gasteiger partial charge in [-0.15, -0.1) is 0 Å². The summed E-state index contributed by atoms with van der Waals surface area (Å²) in [6.07, 6.45) is 2.65. The van der Waals surface area contributed by atoms with E-state index >= 15 is 0 Å². The molecule has 2 heterocycles. The number of aryl methyl sites for hydroxylation is 1. The van der Waals surface area contributed by atoms with Crippen LogP contribution in [-0.4, -0.2) is 28.1 Å². The fourth-order valence-corrected chi connectivity index (χ4v) is 2.75. The van der Waals surface area contributed by atoms with Crippen molar-refractivity contribution in [2.75, 3.05) is 5.32 Å². The average Bonchev–Trinajstić information content (AvgIpc) is 2.89. The molecule has 1 aromatic heterocycles. The van der Waals surface area contributed by atoms with Crippen LogP contribution in [0.4, 0.5) is 10.2 Å². The molecule has 0 saturated carbocycles. The van der Waals surface area contributed by atoms with Gasteiger partial charge in [0.05, 0.1) is 5.69 Å². The first-order valence-electron chi connectivity index (χ1n) is 7.95. The average molecular weight is 330 g/mol. The summed E-state index contributed by atoms with van der Waals surface area (Å²) in [7, 11) is 0. The predicted octanol–water partition coefficient (Wildman–Crippen LogP) is 2.52. The summed E-state index contributed by atoms with van der Waals surface area (Å²) in [6, 6.07) is 5.81. The second-order valence-corrected chi connectivity index (χ2v) is 6.01. The van der Waals surface area contributed by atoms with Crippen molar-refractivity contribution in [1.29, 1.82) is 0 Å². The highest BCUT2D eigenvalue weighted by Crippen LogP contribution is 2.24. The minimum atomic E-state index is -0.559. The Hall–Kier alpha value is -2.70. The molecule has 2 amide bonds. The number of anilines is 1. The molecule has 3 rings (SSSR count). The maximum atomic E-state index is 13.9. The molecular formula is C17H19FN4O2. The standard InChI is InChI=1S/C17H19FN4O2/c1-10-6-7-12(18)11(8-10)14-9-15(22-21-14)20-17(24)13-4-2-3-5-16(23)19-13/h6-9,13H,2-5H2,1H3,(H,19,23)(H2,20,21,22,24)/t13-/m1/s1. The van der Waals surface area contributed by atoms with Crippen LogP contribution in [0.25, 0.3) is 11.3 Å². The number of aromatic nitrogens is 2. The molecule has 1 saturated heterocycles. The lowest BCUT2D eigenvalue weighted by molar-refractivity contribution is -0.126. The molecule has 1 aliphatic rings. The van der Waals surface area contributed by atoms with Crippen molar-refractivity contribution in [3.8, 4) is 11.3 Å². The Kier molecular flexibility index (Phi) is 4.59. The molecule has 3 N–H and O–H groups in total. The van der Waals surface area contributed by atoms with E-state index < -0.39 is 6.04 Å². The molecule has 2 aromatic rings. The number of amides is 2. The Labute approximate surface area is 138 Å². The normalized spacial score (nSPS) is 17.9. The largest absolute Gasteiger partial charge is 0.344 e. The number of carbonyl (C=O) groups excluding carboxylic acids is 2. The number of halogens is 1. The molecule has 24 heavy (non-hydrogen) atoms. The first-order chi connectivity index (χ1) is 11.5. The zero-order valence-corrected chi connectivity index (χ0v) is 13.4. The molecule has 1 fully saturated rings. The van der Waals surface area contributed by atoms with E-state index in [0.29, 0.717) is 29.9 Å². The van der Waals surface area contributed by atoms with E-state index in [1.165, 1.54) is 6.07 Å². The molecule has 0 aliphatic carbocycles. The molecule has 1 aromatic carbocycles. The molecule has 0 bridgehead atoms. The Morgan fingerprint density at radius 3 is 3.00 bits per heavy atom. The van der Waals surface area contributed by atoms with Crippen molar-refractivity contribution < 1.29 is 14.0 Å². The van der Waals surface area contributed by atoms with Crippen LogP contribution < -0.4 is 10.6 Å². The number of rotatable bonds is 3.